The largest absolute Gasteiger partial charge is 0.346 e. The van der Waals surface area contributed by atoms with E-state index in [0.29, 0.717) is 23.7 Å². The van der Waals surface area contributed by atoms with Gasteiger partial charge in [-0.2, -0.15) is 0 Å². The number of fused-ring (bicyclic) bond motifs is 2. The van der Waals surface area contributed by atoms with Crippen molar-refractivity contribution in [2.45, 2.75) is 83.1 Å². The van der Waals surface area contributed by atoms with Gasteiger partial charge in [-0.05, 0) is 56.8 Å². The minimum absolute atomic E-state index is 0.217. The van der Waals surface area contributed by atoms with E-state index in [9.17, 15) is 0 Å². The monoisotopic (exact) mass is 322 g/mol. The van der Waals surface area contributed by atoms with E-state index in [1.807, 2.05) is 13.0 Å². The Kier molecular flexibility index (Phi) is 3.88. The van der Waals surface area contributed by atoms with Crippen LogP contribution >= 0.6 is 0 Å². The molecule has 0 radical (unpaired) electrons. The SMILES string of the molecule is C=CCC[C@H]1O[C@@H]2O[C@@]3(C)CC[C@H]4[C@H](C)CC[C@@H]([C@H]1C)[C@@]24OO3. The van der Waals surface area contributed by atoms with Crippen molar-refractivity contribution in [3.8, 4) is 0 Å². The summed E-state index contributed by atoms with van der Waals surface area (Å²) >= 11 is 0. The van der Waals surface area contributed by atoms with E-state index in [4.69, 9.17) is 19.2 Å². The van der Waals surface area contributed by atoms with Gasteiger partial charge < -0.3 is 9.47 Å². The lowest BCUT2D eigenvalue weighted by molar-refractivity contribution is -0.571. The first kappa shape index (κ1) is 16.1. The molecule has 0 unspecified atom stereocenters. The van der Waals surface area contributed by atoms with Crippen molar-refractivity contribution in [2.75, 3.05) is 0 Å². The summed E-state index contributed by atoms with van der Waals surface area (Å²) in [5.74, 6) is 1.32. The minimum atomic E-state index is -0.666. The lowest BCUT2D eigenvalue weighted by Crippen LogP contribution is -2.70. The van der Waals surface area contributed by atoms with Gasteiger partial charge in [-0.25, -0.2) is 9.78 Å². The highest BCUT2D eigenvalue weighted by atomic mass is 17.3. The Morgan fingerprint density at radius 2 is 1.96 bits per heavy atom. The molecule has 0 aromatic carbocycles. The zero-order chi connectivity index (χ0) is 16.2. The molecular weight excluding hydrogens is 292 g/mol. The van der Waals surface area contributed by atoms with Gasteiger partial charge in [0.15, 0.2) is 11.9 Å². The number of hydrogen-bond acceptors (Lipinski definition) is 4. The van der Waals surface area contributed by atoms with Crippen LogP contribution in [0.2, 0.25) is 0 Å². The van der Waals surface area contributed by atoms with E-state index in [1.54, 1.807) is 0 Å². The van der Waals surface area contributed by atoms with Crippen LogP contribution in [0.15, 0.2) is 12.7 Å². The van der Waals surface area contributed by atoms with Gasteiger partial charge in [0, 0.05) is 12.3 Å². The highest BCUT2D eigenvalue weighted by Gasteiger charge is 2.69. The van der Waals surface area contributed by atoms with Crippen molar-refractivity contribution >= 4 is 0 Å². The number of rotatable bonds is 3. The van der Waals surface area contributed by atoms with Crippen LogP contribution in [0, 0.1) is 23.7 Å². The summed E-state index contributed by atoms with van der Waals surface area (Å²) in [6.07, 6.45) is 8.30. The molecule has 130 valence electrons. The highest BCUT2D eigenvalue weighted by molar-refractivity contribution is 5.09. The molecule has 2 bridgehead atoms. The molecule has 1 aliphatic carbocycles. The summed E-state index contributed by atoms with van der Waals surface area (Å²) in [5.41, 5.74) is -0.419. The van der Waals surface area contributed by atoms with Gasteiger partial charge in [0.2, 0.25) is 5.79 Å². The Hall–Kier alpha value is -0.420. The van der Waals surface area contributed by atoms with Crippen LogP contribution in [0.4, 0.5) is 0 Å². The summed E-state index contributed by atoms with van der Waals surface area (Å²) in [6.45, 7) is 10.5. The quantitative estimate of drug-likeness (QED) is 0.576. The van der Waals surface area contributed by atoms with E-state index in [1.165, 1.54) is 12.8 Å². The topological polar surface area (TPSA) is 36.9 Å². The summed E-state index contributed by atoms with van der Waals surface area (Å²) in [6, 6.07) is 0. The van der Waals surface area contributed by atoms with Crippen molar-refractivity contribution in [3.05, 3.63) is 12.7 Å². The molecular formula is C19H30O4. The van der Waals surface area contributed by atoms with Gasteiger partial charge in [-0.1, -0.05) is 19.9 Å². The zero-order valence-corrected chi connectivity index (χ0v) is 14.6. The number of allylic oxidation sites excluding steroid dienone is 1. The first-order chi connectivity index (χ1) is 11.0. The van der Waals surface area contributed by atoms with Crippen molar-refractivity contribution in [1.29, 1.82) is 0 Å². The van der Waals surface area contributed by atoms with Gasteiger partial charge in [0.25, 0.3) is 0 Å². The molecule has 5 aliphatic rings. The molecule has 4 nitrogen and oxygen atoms in total. The van der Waals surface area contributed by atoms with Gasteiger partial charge in [0.1, 0.15) is 0 Å². The third kappa shape index (κ3) is 2.25. The molecule has 1 saturated carbocycles. The molecule has 4 saturated heterocycles. The maximum Gasteiger partial charge on any atom is 0.201 e. The van der Waals surface area contributed by atoms with Crippen LogP contribution in [0.25, 0.3) is 0 Å². The van der Waals surface area contributed by atoms with Crippen molar-refractivity contribution in [2.24, 2.45) is 23.7 Å². The molecule has 4 heteroatoms. The molecule has 8 atom stereocenters. The first-order valence-electron chi connectivity index (χ1n) is 9.31. The van der Waals surface area contributed by atoms with Crippen LogP contribution in [0.1, 0.15) is 59.3 Å². The molecule has 5 rings (SSSR count). The molecule has 0 N–H and O–H groups in total. The normalized spacial score (nSPS) is 55.1. The Morgan fingerprint density at radius 3 is 2.74 bits per heavy atom. The molecule has 0 amide bonds. The lowest BCUT2D eigenvalue weighted by atomic mass is 9.57. The third-order valence-corrected chi connectivity index (χ3v) is 6.95. The average Bonchev–Trinajstić information content (AvgIpc) is 2.76. The molecule has 1 spiro atoms. The first-order valence-corrected chi connectivity index (χ1v) is 9.31. The van der Waals surface area contributed by atoms with Crippen LogP contribution < -0.4 is 0 Å². The fourth-order valence-corrected chi connectivity index (χ4v) is 5.59. The van der Waals surface area contributed by atoms with Gasteiger partial charge in [-0.3, -0.25) is 0 Å². The molecule has 23 heavy (non-hydrogen) atoms. The third-order valence-electron chi connectivity index (χ3n) is 6.95. The van der Waals surface area contributed by atoms with Crippen LogP contribution in [0.5, 0.6) is 0 Å². The Balaban J connectivity index is 1.71. The molecule has 0 aromatic rings. The second-order valence-corrected chi connectivity index (χ2v) is 8.31. The van der Waals surface area contributed by atoms with Gasteiger partial charge in [0.05, 0.1) is 6.10 Å². The van der Waals surface area contributed by atoms with E-state index in [2.05, 4.69) is 20.4 Å². The fraction of sp³-hybridized carbons (Fsp3) is 0.895. The van der Waals surface area contributed by atoms with E-state index < -0.39 is 11.4 Å². The van der Waals surface area contributed by atoms with Crippen molar-refractivity contribution in [3.63, 3.8) is 0 Å². The van der Waals surface area contributed by atoms with Gasteiger partial charge >= 0.3 is 0 Å². The van der Waals surface area contributed by atoms with E-state index >= 15 is 0 Å². The fourth-order valence-electron chi connectivity index (χ4n) is 5.59. The minimum Gasteiger partial charge on any atom is -0.346 e. The molecule has 4 heterocycles. The highest BCUT2D eigenvalue weighted by Crippen LogP contribution is 2.60. The van der Waals surface area contributed by atoms with Crippen molar-refractivity contribution in [1.82, 2.24) is 0 Å². The Bertz CT molecular complexity index is 480. The zero-order valence-electron chi connectivity index (χ0n) is 14.6. The summed E-state index contributed by atoms with van der Waals surface area (Å²) in [4.78, 5) is 12.0. The van der Waals surface area contributed by atoms with Crippen molar-refractivity contribution < 1.29 is 19.2 Å². The van der Waals surface area contributed by atoms with E-state index in [0.717, 1.165) is 25.7 Å². The smallest absolute Gasteiger partial charge is 0.201 e. The lowest BCUT2D eigenvalue weighted by Gasteiger charge is -2.60. The van der Waals surface area contributed by atoms with Crippen LogP contribution in [-0.4, -0.2) is 23.8 Å². The molecule has 5 fully saturated rings. The number of ether oxygens (including phenoxy) is 2. The summed E-state index contributed by atoms with van der Waals surface area (Å²) in [5, 5.41) is 0. The second kappa shape index (κ2) is 5.55. The molecule has 0 aromatic heterocycles. The summed E-state index contributed by atoms with van der Waals surface area (Å²) < 4.78 is 12.8. The number of hydrogen-bond donors (Lipinski definition) is 0. The Morgan fingerprint density at radius 1 is 1.13 bits per heavy atom. The predicted octanol–water partition coefficient (Wildman–Crippen LogP) is 4.20. The van der Waals surface area contributed by atoms with Gasteiger partial charge in [-0.15, -0.1) is 6.58 Å². The second-order valence-electron chi connectivity index (χ2n) is 8.31. The molecule has 4 aliphatic heterocycles. The summed E-state index contributed by atoms with van der Waals surface area (Å²) in [7, 11) is 0. The van der Waals surface area contributed by atoms with E-state index in [-0.39, 0.29) is 12.4 Å². The van der Waals surface area contributed by atoms with Crippen LogP contribution in [-0.2, 0) is 19.2 Å². The standard InChI is InChI=1S/C19H30O4/c1-5-6-7-16-13(3)15-9-8-12(2)14-10-11-18(4)21-17(20-16)19(14,15)23-22-18/h5,12-17H,1,6-11H2,2-4H3/t12-,13-,14+,15+,16-,17-,18-,19-/m1/s1. The maximum atomic E-state index is 6.48. The Labute approximate surface area is 139 Å². The predicted molar refractivity (Wildman–Crippen MR) is 86.3 cm³/mol. The maximum absolute atomic E-state index is 6.48. The average molecular weight is 322 g/mol. The van der Waals surface area contributed by atoms with Crippen LogP contribution in [0.3, 0.4) is 0 Å².